The van der Waals surface area contributed by atoms with Crippen LogP contribution in [0.3, 0.4) is 0 Å². The fourth-order valence-electron chi connectivity index (χ4n) is 1.49. The van der Waals surface area contributed by atoms with Gasteiger partial charge in [-0.3, -0.25) is 4.79 Å². The van der Waals surface area contributed by atoms with E-state index in [-0.39, 0.29) is 34.7 Å². The van der Waals surface area contributed by atoms with Crippen LogP contribution in [0.5, 0.6) is 0 Å². The molecule has 0 heterocycles. The van der Waals surface area contributed by atoms with Gasteiger partial charge >= 0.3 is 0 Å². The monoisotopic (exact) mass is 320 g/mol. The molecule has 0 radical (unpaired) electrons. The van der Waals surface area contributed by atoms with Crippen molar-refractivity contribution >= 4 is 27.5 Å². The first-order valence-electron chi connectivity index (χ1n) is 5.99. The van der Waals surface area contributed by atoms with Crippen LogP contribution in [-0.4, -0.2) is 38.6 Å². The fraction of sp³-hybridized carbons (Fsp3) is 0.417. The van der Waals surface area contributed by atoms with Crippen molar-refractivity contribution in [3.63, 3.8) is 0 Å². The Kier molecular flexibility index (Phi) is 5.94. The second kappa shape index (κ2) is 7.03. The number of benzene rings is 1. The van der Waals surface area contributed by atoms with Crippen molar-refractivity contribution < 1.29 is 18.3 Å². The summed E-state index contributed by atoms with van der Waals surface area (Å²) in [5, 5.41) is 11.2. The van der Waals surface area contributed by atoms with E-state index >= 15 is 0 Å². The first-order valence-corrected chi connectivity index (χ1v) is 7.85. The van der Waals surface area contributed by atoms with Crippen molar-refractivity contribution in [3.05, 3.63) is 28.8 Å². The van der Waals surface area contributed by atoms with E-state index in [1.54, 1.807) is 13.8 Å². The summed E-state index contributed by atoms with van der Waals surface area (Å²) in [6.07, 6.45) is 0. The minimum absolute atomic E-state index is 0.0373. The quantitative estimate of drug-likeness (QED) is 0.720. The van der Waals surface area contributed by atoms with Gasteiger partial charge in [-0.05, 0) is 32.0 Å². The molecule has 3 N–H and O–H groups in total. The van der Waals surface area contributed by atoms with Crippen molar-refractivity contribution in [2.24, 2.45) is 0 Å². The Bertz CT molecular complexity index is 587. The van der Waals surface area contributed by atoms with Gasteiger partial charge in [-0.25, -0.2) is 13.1 Å². The first-order chi connectivity index (χ1) is 9.27. The molecular weight excluding hydrogens is 304 g/mol. The maximum absolute atomic E-state index is 12.0. The number of hydrogen-bond donors (Lipinski definition) is 3. The normalized spacial score (nSPS) is 11.7. The third-order valence-electron chi connectivity index (χ3n) is 2.28. The van der Waals surface area contributed by atoms with Gasteiger partial charge in [0.15, 0.2) is 0 Å². The van der Waals surface area contributed by atoms with Crippen molar-refractivity contribution in [2.45, 2.75) is 24.8 Å². The summed E-state index contributed by atoms with van der Waals surface area (Å²) in [4.78, 5) is 11.8. The van der Waals surface area contributed by atoms with Gasteiger partial charge < -0.3 is 10.4 Å². The third kappa shape index (κ3) is 4.45. The molecule has 0 atom stereocenters. The molecule has 0 aliphatic heterocycles. The molecule has 1 amide bonds. The molecule has 0 aromatic heterocycles. The van der Waals surface area contributed by atoms with Crippen LogP contribution in [0.2, 0.25) is 5.02 Å². The molecule has 0 bridgehead atoms. The lowest BCUT2D eigenvalue weighted by Gasteiger charge is -2.11. The van der Waals surface area contributed by atoms with Crippen molar-refractivity contribution in [1.29, 1.82) is 0 Å². The smallest absolute Gasteiger partial charge is 0.252 e. The predicted molar refractivity (Wildman–Crippen MR) is 76.3 cm³/mol. The number of nitrogens with one attached hydrogen (secondary N) is 2. The zero-order valence-corrected chi connectivity index (χ0v) is 12.8. The average molecular weight is 321 g/mol. The number of aliphatic hydroxyl groups excluding tert-OH is 1. The predicted octanol–water partition coefficient (Wildman–Crippen LogP) is 0.749. The van der Waals surface area contributed by atoms with Crippen LogP contribution >= 0.6 is 11.6 Å². The van der Waals surface area contributed by atoms with E-state index in [0.29, 0.717) is 0 Å². The third-order valence-corrected chi connectivity index (χ3v) is 4.27. The molecular formula is C12H17ClN2O4S. The molecule has 0 spiro atoms. The van der Waals surface area contributed by atoms with Gasteiger partial charge in [-0.1, -0.05) is 11.6 Å². The lowest BCUT2D eigenvalue weighted by atomic mass is 10.2. The number of hydrogen-bond acceptors (Lipinski definition) is 4. The Hall–Kier alpha value is -1.15. The average Bonchev–Trinajstić information content (AvgIpc) is 2.34. The van der Waals surface area contributed by atoms with Crippen LogP contribution in [-0.2, 0) is 10.0 Å². The molecule has 0 fully saturated rings. The van der Waals surface area contributed by atoms with E-state index in [1.165, 1.54) is 18.2 Å². The summed E-state index contributed by atoms with van der Waals surface area (Å²) < 4.78 is 26.5. The fourth-order valence-corrected chi connectivity index (χ4v) is 2.97. The number of amides is 1. The summed E-state index contributed by atoms with van der Waals surface area (Å²) in [7, 11) is -3.69. The van der Waals surface area contributed by atoms with Crippen LogP contribution < -0.4 is 10.0 Å². The zero-order valence-electron chi connectivity index (χ0n) is 11.2. The van der Waals surface area contributed by atoms with Crippen LogP contribution in [0.15, 0.2) is 23.1 Å². The molecule has 0 saturated carbocycles. The van der Waals surface area contributed by atoms with Crippen LogP contribution in [0.25, 0.3) is 0 Å². The van der Waals surface area contributed by atoms with E-state index in [4.69, 9.17) is 16.7 Å². The second-order valence-corrected chi connectivity index (χ2v) is 6.52. The molecule has 0 aliphatic carbocycles. The summed E-state index contributed by atoms with van der Waals surface area (Å²) in [5.41, 5.74) is 0.0479. The van der Waals surface area contributed by atoms with E-state index in [9.17, 15) is 13.2 Å². The van der Waals surface area contributed by atoms with Gasteiger partial charge in [0.2, 0.25) is 10.0 Å². The topological polar surface area (TPSA) is 95.5 Å². The van der Waals surface area contributed by atoms with Gasteiger partial charge in [0, 0.05) is 12.6 Å². The Balaban J connectivity index is 3.11. The van der Waals surface area contributed by atoms with Gasteiger partial charge in [-0.2, -0.15) is 0 Å². The van der Waals surface area contributed by atoms with Crippen LogP contribution in [0.4, 0.5) is 0 Å². The van der Waals surface area contributed by atoms with Gasteiger partial charge in [0.05, 0.1) is 22.1 Å². The van der Waals surface area contributed by atoms with E-state index < -0.39 is 15.9 Å². The summed E-state index contributed by atoms with van der Waals surface area (Å²) >= 11 is 5.89. The largest absolute Gasteiger partial charge is 0.395 e. The highest BCUT2D eigenvalue weighted by molar-refractivity contribution is 7.89. The van der Waals surface area contributed by atoms with Gasteiger partial charge in [0.25, 0.3) is 5.91 Å². The highest BCUT2D eigenvalue weighted by Crippen LogP contribution is 2.20. The van der Waals surface area contributed by atoms with E-state index in [2.05, 4.69) is 10.0 Å². The van der Waals surface area contributed by atoms with Crippen molar-refractivity contribution in [3.8, 4) is 0 Å². The molecule has 1 aromatic carbocycles. The molecule has 6 nitrogen and oxygen atoms in total. The number of halogens is 1. The Labute approximate surface area is 123 Å². The number of aliphatic hydroxyl groups is 1. The Morgan fingerprint density at radius 3 is 2.60 bits per heavy atom. The van der Waals surface area contributed by atoms with E-state index in [1.807, 2.05) is 0 Å². The van der Waals surface area contributed by atoms with Crippen molar-refractivity contribution in [2.75, 3.05) is 13.2 Å². The standard InChI is InChI=1S/C12H17ClN2O4S/c1-8(2)15-20(18,19)9-3-4-11(13)10(7-9)12(17)14-5-6-16/h3-4,7-8,15-16H,5-6H2,1-2H3,(H,14,17). The molecule has 0 unspecified atom stereocenters. The van der Waals surface area contributed by atoms with Crippen molar-refractivity contribution in [1.82, 2.24) is 10.0 Å². The molecule has 112 valence electrons. The Morgan fingerprint density at radius 2 is 2.05 bits per heavy atom. The number of rotatable bonds is 6. The van der Waals surface area contributed by atoms with Crippen LogP contribution in [0, 0.1) is 0 Å². The maximum Gasteiger partial charge on any atom is 0.252 e. The van der Waals surface area contributed by atoms with Crippen LogP contribution in [0.1, 0.15) is 24.2 Å². The van der Waals surface area contributed by atoms with Gasteiger partial charge in [-0.15, -0.1) is 0 Å². The first kappa shape index (κ1) is 16.9. The minimum atomic E-state index is -3.69. The highest BCUT2D eigenvalue weighted by atomic mass is 35.5. The number of carbonyl (C=O) groups is 1. The lowest BCUT2D eigenvalue weighted by Crippen LogP contribution is -2.31. The summed E-state index contributed by atoms with van der Waals surface area (Å²) in [6.45, 7) is 3.25. The van der Waals surface area contributed by atoms with E-state index in [0.717, 1.165) is 0 Å². The number of carbonyl (C=O) groups excluding carboxylic acids is 1. The molecule has 8 heteroatoms. The number of sulfonamides is 1. The second-order valence-electron chi connectivity index (χ2n) is 4.40. The highest BCUT2D eigenvalue weighted by Gasteiger charge is 2.19. The molecule has 0 saturated heterocycles. The zero-order chi connectivity index (χ0) is 15.3. The lowest BCUT2D eigenvalue weighted by molar-refractivity contribution is 0.0944. The Morgan fingerprint density at radius 1 is 1.40 bits per heavy atom. The molecule has 1 aromatic rings. The summed E-state index contributed by atoms with van der Waals surface area (Å²) in [6, 6.07) is 3.63. The SMILES string of the molecule is CC(C)NS(=O)(=O)c1ccc(Cl)c(C(=O)NCCO)c1. The van der Waals surface area contributed by atoms with Gasteiger partial charge in [0.1, 0.15) is 0 Å². The summed E-state index contributed by atoms with van der Waals surface area (Å²) in [5.74, 6) is -0.536. The molecule has 0 aliphatic rings. The maximum atomic E-state index is 12.0. The molecule has 20 heavy (non-hydrogen) atoms. The molecule has 1 rings (SSSR count). The minimum Gasteiger partial charge on any atom is -0.395 e.